The number of carbonyl (C=O) groups excluding carboxylic acids is 1. The summed E-state index contributed by atoms with van der Waals surface area (Å²) in [7, 11) is 1.67. The van der Waals surface area contributed by atoms with Crippen LogP contribution in [0.2, 0.25) is 0 Å². The molecule has 4 heteroatoms. The summed E-state index contributed by atoms with van der Waals surface area (Å²) in [5.41, 5.74) is 2.26. The van der Waals surface area contributed by atoms with Gasteiger partial charge in [0.1, 0.15) is 0 Å². The standard InChI is InChI=1S/C13H20N2O2/c1-10-6-4-5-7-12(10)8-14-13(17)15(3)11(2)9-16/h4-7,11,16H,8-9H2,1-3H3,(H,14,17). The third kappa shape index (κ3) is 3.75. The molecule has 94 valence electrons. The average Bonchev–Trinajstić information content (AvgIpc) is 2.35. The molecule has 1 atom stereocenters. The second-order valence-electron chi connectivity index (χ2n) is 4.23. The van der Waals surface area contributed by atoms with Crippen LogP contribution in [0.1, 0.15) is 18.1 Å². The van der Waals surface area contributed by atoms with Crippen LogP contribution in [0.25, 0.3) is 0 Å². The van der Waals surface area contributed by atoms with Crippen molar-refractivity contribution in [3.63, 3.8) is 0 Å². The van der Waals surface area contributed by atoms with Crippen molar-refractivity contribution < 1.29 is 9.90 Å². The third-order valence-electron chi connectivity index (χ3n) is 2.94. The molecule has 1 rings (SSSR count). The topological polar surface area (TPSA) is 52.6 Å². The Bertz CT molecular complexity index is 379. The lowest BCUT2D eigenvalue weighted by molar-refractivity contribution is 0.157. The second kappa shape index (κ2) is 6.25. The summed E-state index contributed by atoms with van der Waals surface area (Å²) in [4.78, 5) is 13.2. The highest BCUT2D eigenvalue weighted by molar-refractivity contribution is 5.74. The van der Waals surface area contributed by atoms with Crippen molar-refractivity contribution in [1.29, 1.82) is 0 Å². The van der Waals surface area contributed by atoms with Gasteiger partial charge in [0.25, 0.3) is 0 Å². The van der Waals surface area contributed by atoms with Gasteiger partial charge in [-0.1, -0.05) is 24.3 Å². The number of nitrogens with one attached hydrogen (secondary N) is 1. The highest BCUT2D eigenvalue weighted by Crippen LogP contribution is 2.06. The Kier molecular flexibility index (Phi) is 4.97. The van der Waals surface area contributed by atoms with Crippen LogP contribution in [0.15, 0.2) is 24.3 Å². The molecular formula is C13H20N2O2. The Morgan fingerprint density at radius 2 is 2.12 bits per heavy atom. The van der Waals surface area contributed by atoms with Gasteiger partial charge >= 0.3 is 6.03 Å². The Morgan fingerprint density at radius 3 is 2.71 bits per heavy atom. The van der Waals surface area contributed by atoms with Crippen LogP contribution in [-0.2, 0) is 6.54 Å². The molecule has 0 spiro atoms. The maximum atomic E-state index is 11.7. The maximum absolute atomic E-state index is 11.7. The molecule has 0 aliphatic rings. The van der Waals surface area contributed by atoms with Crippen LogP contribution in [0.4, 0.5) is 4.79 Å². The van der Waals surface area contributed by atoms with Crippen LogP contribution >= 0.6 is 0 Å². The van der Waals surface area contributed by atoms with Crippen molar-refractivity contribution in [1.82, 2.24) is 10.2 Å². The van der Waals surface area contributed by atoms with Crippen molar-refractivity contribution in [2.45, 2.75) is 26.4 Å². The number of carbonyl (C=O) groups is 1. The van der Waals surface area contributed by atoms with Gasteiger partial charge in [0.2, 0.25) is 0 Å². The van der Waals surface area contributed by atoms with Crippen LogP contribution < -0.4 is 5.32 Å². The zero-order valence-electron chi connectivity index (χ0n) is 10.6. The van der Waals surface area contributed by atoms with Crippen molar-refractivity contribution in [2.75, 3.05) is 13.7 Å². The van der Waals surface area contributed by atoms with Gasteiger partial charge in [-0.05, 0) is 25.0 Å². The third-order valence-corrected chi connectivity index (χ3v) is 2.94. The predicted octanol–water partition coefficient (Wildman–Crippen LogP) is 1.52. The van der Waals surface area contributed by atoms with Gasteiger partial charge < -0.3 is 15.3 Å². The molecule has 2 N–H and O–H groups in total. The van der Waals surface area contributed by atoms with Gasteiger partial charge in [0.05, 0.1) is 12.6 Å². The lowest BCUT2D eigenvalue weighted by atomic mass is 10.1. The van der Waals surface area contributed by atoms with Crippen LogP contribution in [0, 0.1) is 6.92 Å². The molecule has 0 fully saturated rings. The summed E-state index contributed by atoms with van der Waals surface area (Å²) < 4.78 is 0. The first kappa shape index (κ1) is 13.5. The Hall–Kier alpha value is -1.55. The molecule has 0 aliphatic heterocycles. The zero-order valence-corrected chi connectivity index (χ0v) is 10.6. The summed E-state index contributed by atoms with van der Waals surface area (Å²) in [5, 5.41) is 11.8. The van der Waals surface area contributed by atoms with E-state index in [4.69, 9.17) is 5.11 Å². The molecule has 0 aliphatic carbocycles. The normalized spacial score (nSPS) is 12.0. The minimum Gasteiger partial charge on any atom is -0.394 e. The number of likely N-dealkylation sites (N-methyl/N-ethyl adjacent to an activating group) is 1. The summed E-state index contributed by atoms with van der Waals surface area (Å²) in [6.45, 7) is 4.29. The van der Waals surface area contributed by atoms with Gasteiger partial charge in [-0.25, -0.2) is 4.79 Å². The van der Waals surface area contributed by atoms with E-state index in [1.54, 1.807) is 14.0 Å². The first-order chi connectivity index (χ1) is 8.06. The summed E-state index contributed by atoms with van der Waals surface area (Å²) in [6.07, 6.45) is 0. The number of urea groups is 1. The van der Waals surface area contributed by atoms with Crippen molar-refractivity contribution in [3.8, 4) is 0 Å². The van der Waals surface area contributed by atoms with Gasteiger partial charge in [-0.15, -0.1) is 0 Å². The lowest BCUT2D eigenvalue weighted by Gasteiger charge is -2.23. The number of benzene rings is 1. The Labute approximate surface area is 102 Å². The molecule has 0 heterocycles. The predicted molar refractivity (Wildman–Crippen MR) is 67.7 cm³/mol. The number of aryl methyl sites for hydroxylation is 1. The summed E-state index contributed by atoms with van der Waals surface area (Å²) in [5.74, 6) is 0. The van der Waals surface area contributed by atoms with E-state index in [9.17, 15) is 4.79 Å². The number of hydrogen-bond donors (Lipinski definition) is 2. The fraction of sp³-hybridized carbons (Fsp3) is 0.462. The monoisotopic (exact) mass is 236 g/mol. The van der Waals surface area contributed by atoms with Crippen LogP contribution in [0.5, 0.6) is 0 Å². The molecule has 2 amide bonds. The molecule has 0 saturated heterocycles. The lowest BCUT2D eigenvalue weighted by Crippen LogP contribution is -2.43. The first-order valence-corrected chi connectivity index (χ1v) is 5.72. The number of aliphatic hydroxyl groups excluding tert-OH is 1. The van der Waals surface area contributed by atoms with Crippen molar-refractivity contribution in [2.24, 2.45) is 0 Å². The number of hydrogen-bond acceptors (Lipinski definition) is 2. The van der Waals surface area contributed by atoms with E-state index in [1.165, 1.54) is 4.90 Å². The number of rotatable bonds is 4. The maximum Gasteiger partial charge on any atom is 0.317 e. The first-order valence-electron chi connectivity index (χ1n) is 5.72. The Morgan fingerprint density at radius 1 is 1.47 bits per heavy atom. The van der Waals surface area contributed by atoms with Gasteiger partial charge in [-0.3, -0.25) is 0 Å². The minimum absolute atomic E-state index is 0.0334. The van der Waals surface area contributed by atoms with E-state index in [2.05, 4.69) is 5.32 Å². The molecule has 1 unspecified atom stereocenters. The Balaban J connectivity index is 2.51. The average molecular weight is 236 g/mol. The van der Waals surface area contributed by atoms with Gasteiger partial charge in [-0.2, -0.15) is 0 Å². The summed E-state index contributed by atoms with van der Waals surface area (Å²) in [6, 6.07) is 7.59. The second-order valence-corrected chi connectivity index (χ2v) is 4.23. The molecule has 0 saturated carbocycles. The van der Waals surface area contributed by atoms with E-state index in [-0.39, 0.29) is 18.7 Å². The molecule has 0 radical (unpaired) electrons. The van der Waals surface area contributed by atoms with Crippen molar-refractivity contribution in [3.05, 3.63) is 35.4 Å². The van der Waals surface area contributed by atoms with Crippen LogP contribution in [0.3, 0.4) is 0 Å². The van der Waals surface area contributed by atoms with E-state index in [1.807, 2.05) is 31.2 Å². The minimum atomic E-state index is -0.174. The van der Waals surface area contributed by atoms with E-state index >= 15 is 0 Å². The SMILES string of the molecule is Cc1ccccc1CNC(=O)N(C)C(C)CO. The molecule has 17 heavy (non-hydrogen) atoms. The largest absolute Gasteiger partial charge is 0.394 e. The highest BCUT2D eigenvalue weighted by Gasteiger charge is 2.14. The van der Waals surface area contributed by atoms with Crippen LogP contribution in [-0.4, -0.2) is 35.7 Å². The zero-order chi connectivity index (χ0) is 12.8. The molecular weight excluding hydrogens is 216 g/mol. The number of amides is 2. The smallest absolute Gasteiger partial charge is 0.317 e. The van der Waals surface area contributed by atoms with Gasteiger partial charge in [0, 0.05) is 13.6 Å². The highest BCUT2D eigenvalue weighted by atomic mass is 16.3. The van der Waals surface area contributed by atoms with E-state index < -0.39 is 0 Å². The van der Waals surface area contributed by atoms with E-state index in [0.29, 0.717) is 6.54 Å². The fourth-order valence-corrected chi connectivity index (χ4v) is 1.43. The number of aliphatic hydroxyl groups is 1. The van der Waals surface area contributed by atoms with E-state index in [0.717, 1.165) is 11.1 Å². The molecule has 4 nitrogen and oxygen atoms in total. The molecule has 0 aromatic heterocycles. The number of nitrogens with zero attached hydrogens (tertiary/aromatic N) is 1. The fourth-order valence-electron chi connectivity index (χ4n) is 1.43. The van der Waals surface area contributed by atoms with Gasteiger partial charge in [0.15, 0.2) is 0 Å². The molecule has 1 aromatic rings. The molecule has 0 bridgehead atoms. The summed E-state index contributed by atoms with van der Waals surface area (Å²) >= 11 is 0. The van der Waals surface area contributed by atoms with Crippen molar-refractivity contribution >= 4 is 6.03 Å². The quantitative estimate of drug-likeness (QED) is 0.832. The molecule has 1 aromatic carbocycles.